The van der Waals surface area contributed by atoms with Crippen LogP contribution in [0.2, 0.25) is 0 Å². The van der Waals surface area contributed by atoms with Gasteiger partial charge >= 0.3 is 0 Å². The van der Waals surface area contributed by atoms with E-state index in [1.165, 1.54) is 0 Å². The molecule has 1 fully saturated rings. The standard InChI is InChI=1S/C8H17NO5S2/c1-8(10)3-4-9(7-8)16(13,14)6-5-15(2,11)12/h10H,3-7H2,1-2H3. The van der Waals surface area contributed by atoms with Gasteiger partial charge in [0.2, 0.25) is 10.0 Å². The highest BCUT2D eigenvalue weighted by Gasteiger charge is 2.37. The lowest BCUT2D eigenvalue weighted by molar-refractivity contribution is 0.0763. The molecule has 0 aromatic heterocycles. The van der Waals surface area contributed by atoms with E-state index < -0.39 is 31.2 Å². The van der Waals surface area contributed by atoms with E-state index in [9.17, 15) is 21.9 Å². The van der Waals surface area contributed by atoms with Crippen LogP contribution in [0.25, 0.3) is 0 Å². The Bertz CT molecular complexity index is 451. The number of sulfonamides is 1. The molecular formula is C8H17NO5S2. The van der Waals surface area contributed by atoms with Gasteiger partial charge in [0.1, 0.15) is 9.84 Å². The molecule has 0 aromatic carbocycles. The maximum atomic E-state index is 11.7. The molecule has 0 bridgehead atoms. The number of sulfone groups is 1. The van der Waals surface area contributed by atoms with E-state index >= 15 is 0 Å². The van der Waals surface area contributed by atoms with E-state index in [2.05, 4.69) is 0 Å². The first-order valence-electron chi connectivity index (χ1n) is 4.90. The molecule has 96 valence electrons. The van der Waals surface area contributed by atoms with Gasteiger partial charge in [-0.1, -0.05) is 0 Å². The fourth-order valence-electron chi connectivity index (χ4n) is 1.53. The molecule has 1 saturated heterocycles. The minimum atomic E-state index is -3.57. The van der Waals surface area contributed by atoms with Crippen molar-refractivity contribution in [2.24, 2.45) is 0 Å². The second-order valence-corrected chi connectivity index (χ2v) is 8.87. The van der Waals surface area contributed by atoms with Crippen molar-refractivity contribution in [3.63, 3.8) is 0 Å². The van der Waals surface area contributed by atoms with Crippen molar-refractivity contribution in [3.8, 4) is 0 Å². The summed E-state index contributed by atoms with van der Waals surface area (Å²) in [5.74, 6) is -0.796. The molecule has 1 rings (SSSR count). The summed E-state index contributed by atoms with van der Waals surface area (Å²) in [6, 6.07) is 0. The first-order valence-corrected chi connectivity index (χ1v) is 8.57. The molecule has 1 heterocycles. The van der Waals surface area contributed by atoms with Gasteiger partial charge in [0, 0.05) is 19.3 Å². The number of rotatable bonds is 4. The minimum Gasteiger partial charge on any atom is -0.389 e. The molecule has 0 aromatic rings. The minimum absolute atomic E-state index is 0.0408. The van der Waals surface area contributed by atoms with Crippen molar-refractivity contribution in [2.45, 2.75) is 18.9 Å². The van der Waals surface area contributed by atoms with Crippen LogP contribution in [0.1, 0.15) is 13.3 Å². The Morgan fingerprint density at radius 2 is 1.81 bits per heavy atom. The fourth-order valence-corrected chi connectivity index (χ4v) is 4.68. The van der Waals surface area contributed by atoms with Gasteiger partial charge < -0.3 is 5.11 Å². The van der Waals surface area contributed by atoms with Crippen LogP contribution < -0.4 is 0 Å². The zero-order chi connectivity index (χ0) is 12.6. The fraction of sp³-hybridized carbons (Fsp3) is 1.00. The summed E-state index contributed by atoms with van der Waals surface area (Å²) in [6.07, 6.45) is 1.38. The Labute approximate surface area is 96.2 Å². The van der Waals surface area contributed by atoms with E-state index in [4.69, 9.17) is 0 Å². The SMILES string of the molecule is CC1(O)CCN(S(=O)(=O)CCS(C)(=O)=O)C1. The number of hydrogen-bond donors (Lipinski definition) is 1. The van der Waals surface area contributed by atoms with Gasteiger partial charge in [0.05, 0.1) is 17.1 Å². The van der Waals surface area contributed by atoms with Crippen LogP contribution in [-0.2, 0) is 19.9 Å². The van der Waals surface area contributed by atoms with E-state index in [1.54, 1.807) is 6.92 Å². The van der Waals surface area contributed by atoms with Crippen LogP contribution in [0.5, 0.6) is 0 Å². The smallest absolute Gasteiger partial charge is 0.215 e. The third-order valence-corrected chi connectivity index (χ3v) is 5.54. The summed E-state index contributed by atoms with van der Waals surface area (Å²) < 4.78 is 46.4. The number of hydrogen-bond acceptors (Lipinski definition) is 5. The molecule has 1 aliphatic rings. The molecule has 0 saturated carbocycles. The highest BCUT2D eigenvalue weighted by molar-refractivity contribution is 7.93. The Hall–Kier alpha value is -0.180. The van der Waals surface area contributed by atoms with E-state index in [0.29, 0.717) is 6.42 Å². The lowest BCUT2D eigenvalue weighted by atomic mass is 10.1. The third-order valence-electron chi connectivity index (χ3n) is 2.52. The molecule has 0 aliphatic carbocycles. The van der Waals surface area contributed by atoms with Gasteiger partial charge in [-0.3, -0.25) is 0 Å². The normalized spacial score (nSPS) is 28.4. The van der Waals surface area contributed by atoms with Crippen LogP contribution in [-0.4, -0.2) is 62.7 Å². The molecule has 1 atom stereocenters. The monoisotopic (exact) mass is 271 g/mol. The predicted molar refractivity (Wildman–Crippen MR) is 60.3 cm³/mol. The first-order chi connectivity index (χ1) is 7.02. The molecule has 0 spiro atoms. The van der Waals surface area contributed by atoms with Crippen molar-refractivity contribution in [1.82, 2.24) is 4.31 Å². The molecule has 16 heavy (non-hydrogen) atoms. The van der Waals surface area contributed by atoms with E-state index in [0.717, 1.165) is 10.6 Å². The summed E-state index contributed by atoms with van der Waals surface area (Å²) in [5, 5.41) is 9.63. The van der Waals surface area contributed by atoms with Crippen LogP contribution in [0.15, 0.2) is 0 Å². The lowest BCUT2D eigenvalue weighted by Gasteiger charge is -2.18. The van der Waals surface area contributed by atoms with E-state index in [1.807, 2.05) is 0 Å². The summed E-state index contributed by atoms with van der Waals surface area (Å²) in [5.41, 5.74) is -1.00. The second-order valence-electron chi connectivity index (χ2n) is 4.53. The van der Waals surface area contributed by atoms with Crippen LogP contribution in [0, 0.1) is 0 Å². The Morgan fingerprint density at radius 1 is 1.25 bits per heavy atom. The quantitative estimate of drug-likeness (QED) is 0.694. The maximum absolute atomic E-state index is 11.7. The van der Waals surface area contributed by atoms with Crippen LogP contribution >= 0.6 is 0 Å². The Morgan fingerprint density at radius 3 is 2.19 bits per heavy atom. The average molecular weight is 271 g/mol. The first kappa shape index (κ1) is 13.9. The number of aliphatic hydroxyl groups is 1. The van der Waals surface area contributed by atoms with Gasteiger partial charge in [0.15, 0.2) is 0 Å². The summed E-state index contributed by atoms with van der Waals surface area (Å²) in [6.45, 7) is 1.86. The van der Waals surface area contributed by atoms with Crippen molar-refractivity contribution < 1.29 is 21.9 Å². The molecule has 0 radical (unpaired) electrons. The van der Waals surface area contributed by atoms with Gasteiger partial charge in [-0.15, -0.1) is 0 Å². The van der Waals surface area contributed by atoms with Gasteiger partial charge in [0.25, 0.3) is 0 Å². The van der Waals surface area contributed by atoms with Crippen molar-refractivity contribution >= 4 is 19.9 Å². The Kier molecular flexibility index (Phi) is 3.68. The molecule has 8 heteroatoms. The maximum Gasteiger partial charge on any atom is 0.215 e. The lowest BCUT2D eigenvalue weighted by Crippen LogP contribution is -2.36. The molecule has 6 nitrogen and oxygen atoms in total. The molecule has 1 N–H and O–H groups in total. The molecule has 1 unspecified atom stereocenters. The predicted octanol–water partition coefficient (Wildman–Crippen LogP) is -1.18. The molecule has 0 amide bonds. The number of β-amino-alcohol motifs (C(OH)–C–C–N with tert-alkyl or cyclic N) is 1. The highest BCUT2D eigenvalue weighted by Crippen LogP contribution is 2.23. The Balaban J connectivity index is 2.66. The number of nitrogens with zero attached hydrogens (tertiary/aromatic N) is 1. The highest BCUT2D eigenvalue weighted by atomic mass is 32.2. The van der Waals surface area contributed by atoms with E-state index in [-0.39, 0.29) is 18.8 Å². The molecule has 1 aliphatic heterocycles. The summed E-state index contributed by atoms with van der Waals surface area (Å²) in [4.78, 5) is 0. The van der Waals surface area contributed by atoms with Crippen molar-refractivity contribution in [1.29, 1.82) is 0 Å². The van der Waals surface area contributed by atoms with Crippen molar-refractivity contribution in [2.75, 3.05) is 30.9 Å². The van der Waals surface area contributed by atoms with Gasteiger partial charge in [-0.25, -0.2) is 16.8 Å². The topological polar surface area (TPSA) is 91.8 Å². The van der Waals surface area contributed by atoms with Crippen LogP contribution in [0.3, 0.4) is 0 Å². The zero-order valence-electron chi connectivity index (χ0n) is 9.38. The third kappa shape index (κ3) is 4.00. The van der Waals surface area contributed by atoms with Gasteiger partial charge in [-0.05, 0) is 13.3 Å². The average Bonchev–Trinajstić information content (AvgIpc) is 2.42. The van der Waals surface area contributed by atoms with Crippen LogP contribution in [0.4, 0.5) is 0 Å². The van der Waals surface area contributed by atoms with Crippen molar-refractivity contribution in [3.05, 3.63) is 0 Å². The largest absolute Gasteiger partial charge is 0.389 e. The summed E-state index contributed by atoms with van der Waals surface area (Å²) in [7, 11) is -6.85. The zero-order valence-corrected chi connectivity index (χ0v) is 11.0. The second kappa shape index (κ2) is 4.25. The molecular weight excluding hydrogens is 254 g/mol. The summed E-state index contributed by atoms with van der Waals surface area (Å²) >= 11 is 0. The van der Waals surface area contributed by atoms with Gasteiger partial charge in [-0.2, -0.15) is 4.31 Å².